The molecule has 0 saturated heterocycles. The number of carboxylic acid groups (broad SMARTS) is 3. The summed E-state index contributed by atoms with van der Waals surface area (Å²) in [7, 11) is 0. The van der Waals surface area contributed by atoms with E-state index in [-0.39, 0.29) is 19.3 Å². The molecule has 0 rings (SSSR count). The third-order valence-corrected chi connectivity index (χ3v) is 2.88. The fraction of sp³-hybridized carbons (Fsp3) is 0.615. The predicted octanol–water partition coefficient (Wildman–Crippen LogP) is -0.820. The Morgan fingerprint density at radius 1 is 0.826 bits per heavy atom. The quantitative estimate of drug-likeness (QED) is 0.326. The van der Waals surface area contributed by atoms with Crippen LogP contribution in [0, 0.1) is 0 Å². The predicted molar refractivity (Wildman–Crippen MR) is 75.5 cm³/mol. The first kappa shape index (κ1) is 20.3. The van der Waals surface area contributed by atoms with E-state index in [1.807, 2.05) is 0 Å². The van der Waals surface area contributed by atoms with Gasteiger partial charge in [-0.2, -0.15) is 0 Å². The summed E-state index contributed by atoms with van der Waals surface area (Å²) in [5.74, 6) is -5.17. The molecule has 2 amide bonds. The normalized spacial score (nSPS) is 12.7. The van der Waals surface area contributed by atoms with Crippen molar-refractivity contribution in [3.63, 3.8) is 0 Å². The minimum atomic E-state index is -1.44. The molecule has 0 bridgehead atoms. The summed E-state index contributed by atoms with van der Waals surface area (Å²) in [4.78, 5) is 55.5. The van der Waals surface area contributed by atoms with Crippen LogP contribution in [0.1, 0.15) is 39.0 Å². The Bertz CT molecular complexity index is 477. The van der Waals surface area contributed by atoms with E-state index in [0.717, 1.165) is 0 Å². The molecular formula is C13H20N2O8. The number of hydrogen-bond acceptors (Lipinski definition) is 5. The molecule has 0 aliphatic carbocycles. The van der Waals surface area contributed by atoms with Gasteiger partial charge in [-0.15, -0.1) is 0 Å². The molecule has 10 nitrogen and oxygen atoms in total. The van der Waals surface area contributed by atoms with E-state index < -0.39 is 54.6 Å². The molecule has 0 heterocycles. The first-order valence-corrected chi connectivity index (χ1v) is 6.93. The third kappa shape index (κ3) is 9.06. The van der Waals surface area contributed by atoms with Crippen LogP contribution in [0.3, 0.4) is 0 Å². The zero-order valence-corrected chi connectivity index (χ0v) is 12.6. The summed E-state index contributed by atoms with van der Waals surface area (Å²) in [6.07, 6.45) is -1.33. The third-order valence-electron chi connectivity index (χ3n) is 2.88. The monoisotopic (exact) mass is 332 g/mol. The lowest BCUT2D eigenvalue weighted by Crippen LogP contribution is -2.51. The highest BCUT2D eigenvalue weighted by atomic mass is 16.4. The fourth-order valence-electron chi connectivity index (χ4n) is 1.63. The minimum Gasteiger partial charge on any atom is -0.481 e. The lowest BCUT2D eigenvalue weighted by Gasteiger charge is -2.20. The number of carbonyl (C=O) groups is 5. The molecule has 130 valence electrons. The number of carbonyl (C=O) groups excluding carboxylic acids is 2. The molecule has 0 aromatic carbocycles. The van der Waals surface area contributed by atoms with Gasteiger partial charge in [-0.05, 0) is 12.8 Å². The van der Waals surface area contributed by atoms with Crippen LogP contribution in [0.2, 0.25) is 0 Å². The Kier molecular flexibility index (Phi) is 8.97. The van der Waals surface area contributed by atoms with Gasteiger partial charge in [0.1, 0.15) is 12.1 Å². The molecule has 0 radical (unpaired) electrons. The van der Waals surface area contributed by atoms with Crippen molar-refractivity contribution >= 4 is 29.7 Å². The number of rotatable bonds is 11. The highest BCUT2D eigenvalue weighted by Crippen LogP contribution is 2.03. The molecule has 0 aromatic heterocycles. The van der Waals surface area contributed by atoms with E-state index in [0.29, 0.717) is 0 Å². The lowest BCUT2D eigenvalue weighted by atomic mass is 10.1. The molecule has 0 aliphatic rings. The van der Waals surface area contributed by atoms with E-state index in [9.17, 15) is 24.0 Å². The van der Waals surface area contributed by atoms with Gasteiger partial charge in [-0.3, -0.25) is 19.2 Å². The van der Waals surface area contributed by atoms with Crippen molar-refractivity contribution in [3.05, 3.63) is 0 Å². The summed E-state index contributed by atoms with van der Waals surface area (Å²) in [5, 5.41) is 30.6. The van der Waals surface area contributed by atoms with Gasteiger partial charge < -0.3 is 26.0 Å². The number of aliphatic carboxylic acids is 3. The van der Waals surface area contributed by atoms with Crippen LogP contribution >= 0.6 is 0 Å². The Morgan fingerprint density at radius 3 is 1.70 bits per heavy atom. The second kappa shape index (κ2) is 10.1. The Morgan fingerprint density at radius 2 is 1.30 bits per heavy atom. The van der Waals surface area contributed by atoms with Gasteiger partial charge in [0.2, 0.25) is 11.8 Å². The average molecular weight is 332 g/mol. The minimum absolute atomic E-state index is 0.0677. The van der Waals surface area contributed by atoms with Gasteiger partial charge >= 0.3 is 17.9 Å². The van der Waals surface area contributed by atoms with Crippen molar-refractivity contribution in [2.24, 2.45) is 0 Å². The highest BCUT2D eigenvalue weighted by Gasteiger charge is 2.27. The fourth-order valence-corrected chi connectivity index (χ4v) is 1.63. The largest absolute Gasteiger partial charge is 0.481 e. The van der Waals surface area contributed by atoms with E-state index in [1.165, 1.54) is 6.92 Å². The van der Waals surface area contributed by atoms with Crippen molar-refractivity contribution in [1.29, 1.82) is 0 Å². The van der Waals surface area contributed by atoms with E-state index in [1.54, 1.807) is 0 Å². The van der Waals surface area contributed by atoms with Crippen molar-refractivity contribution in [1.82, 2.24) is 10.6 Å². The SMILES string of the molecule is CCC(=O)NC(CCC(=O)O)C(=O)NC(CCC(=O)O)C(=O)O. The number of carboxylic acids is 3. The van der Waals surface area contributed by atoms with Crippen molar-refractivity contribution in [2.45, 2.75) is 51.1 Å². The van der Waals surface area contributed by atoms with Gasteiger partial charge in [0.15, 0.2) is 0 Å². The molecule has 5 N–H and O–H groups in total. The molecule has 2 unspecified atom stereocenters. The summed E-state index contributed by atoms with van der Waals surface area (Å²) in [6, 6.07) is -2.64. The summed E-state index contributed by atoms with van der Waals surface area (Å²) in [6.45, 7) is 1.54. The summed E-state index contributed by atoms with van der Waals surface area (Å²) < 4.78 is 0. The van der Waals surface area contributed by atoms with Crippen LogP contribution in [0.5, 0.6) is 0 Å². The van der Waals surface area contributed by atoms with Crippen LogP contribution in [0.4, 0.5) is 0 Å². The summed E-state index contributed by atoms with van der Waals surface area (Å²) in [5.41, 5.74) is 0. The maximum Gasteiger partial charge on any atom is 0.326 e. The molecule has 10 heteroatoms. The van der Waals surface area contributed by atoms with E-state index >= 15 is 0 Å². The molecule has 0 fully saturated rings. The van der Waals surface area contributed by atoms with Crippen LogP contribution in [0.25, 0.3) is 0 Å². The molecule has 23 heavy (non-hydrogen) atoms. The molecule has 0 aliphatic heterocycles. The van der Waals surface area contributed by atoms with Gasteiger partial charge in [-0.1, -0.05) is 6.92 Å². The van der Waals surface area contributed by atoms with Gasteiger partial charge in [0.25, 0.3) is 0 Å². The number of amides is 2. The Labute approximate surface area is 131 Å². The molecule has 0 spiro atoms. The summed E-state index contributed by atoms with van der Waals surface area (Å²) >= 11 is 0. The zero-order chi connectivity index (χ0) is 18.0. The maximum absolute atomic E-state index is 12.0. The van der Waals surface area contributed by atoms with Crippen molar-refractivity contribution < 1.29 is 39.3 Å². The van der Waals surface area contributed by atoms with Gasteiger partial charge in [-0.25, -0.2) is 4.79 Å². The van der Waals surface area contributed by atoms with E-state index in [4.69, 9.17) is 15.3 Å². The van der Waals surface area contributed by atoms with Gasteiger partial charge in [0, 0.05) is 19.3 Å². The maximum atomic E-state index is 12.0. The molecule has 0 aromatic rings. The number of hydrogen-bond donors (Lipinski definition) is 5. The Hall–Kier alpha value is -2.65. The average Bonchev–Trinajstić information content (AvgIpc) is 2.46. The van der Waals surface area contributed by atoms with Crippen molar-refractivity contribution in [2.75, 3.05) is 0 Å². The lowest BCUT2D eigenvalue weighted by molar-refractivity contribution is -0.144. The van der Waals surface area contributed by atoms with Crippen LogP contribution in [-0.2, 0) is 24.0 Å². The van der Waals surface area contributed by atoms with Crippen LogP contribution in [0.15, 0.2) is 0 Å². The second-order valence-electron chi connectivity index (χ2n) is 4.74. The first-order chi connectivity index (χ1) is 10.7. The molecular weight excluding hydrogens is 312 g/mol. The molecule has 2 atom stereocenters. The molecule has 0 saturated carbocycles. The highest BCUT2D eigenvalue weighted by molar-refractivity contribution is 5.90. The van der Waals surface area contributed by atoms with Crippen molar-refractivity contribution in [3.8, 4) is 0 Å². The first-order valence-electron chi connectivity index (χ1n) is 6.93. The zero-order valence-electron chi connectivity index (χ0n) is 12.6. The number of nitrogens with one attached hydrogen (secondary N) is 2. The topological polar surface area (TPSA) is 170 Å². The standard InChI is InChI=1S/C13H20N2O8/c1-2-9(16)14-7(3-5-10(17)18)12(21)15-8(13(22)23)4-6-11(19)20/h7-8H,2-6H2,1H3,(H,14,16)(H,15,21)(H,17,18)(H,19,20)(H,22,23). The van der Waals surface area contributed by atoms with Gasteiger partial charge in [0.05, 0.1) is 0 Å². The smallest absolute Gasteiger partial charge is 0.326 e. The van der Waals surface area contributed by atoms with E-state index in [2.05, 4.69) is 10.6 Å². The second-order valence-corrected chi connectivity index (χ2v) is 4.74. The Balaban J connectivity index is 4.86. The van der Waals surface area contributed by atoms with Crippen LogP contribution in [-0.4, -0.2) is 57.1 Å². The van der Waals surface area contributed by atoms with Crippen LogP contribution < -0.4 is 10.6 Å².